The molecule has 1 aromatic carbocycles. The van der Waals surface area contributed by atoms with Crippen molar-refractivity contribution in [1.82, 2.24) is 24.8 Å². The number of rotatable bonds is 6. The lowest BCUT2D eigenvalue weighted by Gasteiger charge is -2.33. The van der Waals surface area contributed by atoms with Gasteiger partial charge in [0.15, 0.2) is 17.5 Å². The Bertz CT molecular complexity index is 1380. The molecule has 1 saturated heterocycles. The first-order chi connectivity index (χ1) is 17.0. The van der Waals surface area contributed by atoms with Crippen LogP contribution in [0.25, 0.3) is 22.4 Å². The molecule has 0 bridgehead atoms. The van der Waals surface area contributed by atoms with Crippen molar-refractivity contribution in [2.24, 2.45) is 5.92 Å². The van der Waals surface area contributed by atoms with Gasteiger partial charge in [-0.25, -0.2) is 19.3 Å². The monoisotopic (exact) mass is 493 g/mol. The second-order valence-electron chi connectivity index (χ2n) is 8.58. The van der Waals surface area contributed by atoms with Crippen molar-refractivity contribution in [3.63, 3.8) is 0 Å². The summed E-state index contributed by atoms with van der Waals surface area (Å²) in [5, 5.41) is 7.47. The number of carbonyl (C=O) groups excluding carboxylic acids is 1. The number of hydrogen-bond donors (Lipinski definition) is 3. The number of fused-ring (bicyclic) bond motifs is 1. The first kappa shape index (κ1) is 23.0. The molecule has 1 amide bonds. The molecule has 4 aromatic rings. The van der Waals surface area contributed by atoms with Crippen LogP contribution in [0.4, 0.5) is 15.9 Å². The number of H-pyrrole nitrogens is 1. The first-order valence-corrected chi connectivity index (χ1v) is 11.9. The lowest BCUT2D eigenvalue weighted by atomic mass is 9.97. The minimum absolute atomic E-state index is 0.00163. The zero-order chi connectivity index (χ0) is 24.4. The van der Waals surface area contributed by atoms with Crippen molar-refractivity contribution in [2.75, 3.05) is 37.3 Å². The minimum Gasteiger partial charge on any atom is -0.387 e. The van der Waals surface area contributed by atoms with Gasteiger partial charge in [-0.1, -0.05) is 23.7 Å². The zero-order valence-electron chi connectivity index (χ0n) is 19.2. The number of nitrogens with zero attached hydrogens (tertiary/aromatic N) is 4. The lowest BCUT2D eigenvalue weighted by Crippen LogP contribution is -2.42. The number of carbonyl (C=O) groups is 1. The number of piperidine rings is 1. The highest BCUT2D eigenvalue weighted by atomic mass is 35.5. The van der Waals surface area contributed by atoms with Gasteiger partial charge in [-0.3, -0.25) is 4.79 Å². The average molecular weight is 494 g/mol. The molecule has 4 heterocycles. The van der Waals surface area contributed by atoms with Crippen LogP contribution in [0.1, 0.15) is 23.2 Å². The Morgan fingerprint density at radius 1 is 1.29 bits per heavy atom. The minimum atomic E-state index is -0.531. The molecule has 3 N–H and O–H groups in total. The summed E-state index contributed by atoms with van der Waals surface area (Å²) >= 11 is 6.10. The molecular weight excluding hydrogens is 469 g/mol. The predicted octanol–water partition coefficient (Wildman–Crippen LogP) is 4.82. The Morgan fingerprint density at radius 2 is 2.14 bits per heavy atom. The summed E-state index contributed by atoms with van der Waals surface area (Å²) in [5.41, 5.74) is 2.81. The molecule has 0 spiro atoms. The first-order valence-electron chi connectivity index (χ1n) is 11.5. The van der Waals surface area contributed by atoms with E-state index in [4.69, 9.17) is 11.6 Å². The summed E-state index contributed by atoms with van der Waals surface area (Å²) < 4.78 is 14.6. The Morgan fingerprint density at radius 3 is 3.00 bits per heavy atom. The average Bonchev–Trinajstić information content (AvgIpc) is 3.31. The molecule has 10 heteroatoms. The molecule has 0 unspecified atom stereocenters. The summed E-state index contributed by atoms with van der Waals surface area (Å²) in [5.74, 6) is 0.137. The van der Waals surface area contributed by atoms with Gasteiger partial charge in [0.1, 0.15) is 5.65 Å². The predicted molar refractivity (Wildman–Crippen MR) is 135 cm³/mol. The van der Waals surface area contributed by atoms with Crippen molar-refractivity contribution in [3.05, 3.63) is 65.3 Å². The molecule has 3 aromatic heterocycles. The maximum atomic E-state index is 14.6. The molecule has 180 valence electrons. The number of para-hydroxylation sites is 1. The Balaban J connectivity index is 1.29. The lowest BCUT2D eigenvalue weighted by molar-refractivity contribution is 0.0681. The van der Waals surface area contributed by atoms with Crippen molar-refractivity contribution in [3.8, 4) is 11.4 Å². The SMILES string of the molecule is CNc1ccccc1C(=O)N1CCC[C@@H](CNc2nc(-c3c[nH]c4ncc(Cl)cc34)ncc2F)C1. The number of nitrogens with one attached hydrogen (secondary N) is 3. The van der Waals surface area contributed by atoms with E-state index >= 15 is 0 Å². The van der Waals surface area contributed by atoms with Gasteiger partial charge in [0, 0.05) is 55.7 Å². The van der Waals surface area contributed by atoms with Crippen LogP contribution in [0.5, 0.6) is 0 Å². The standard InChI is InChI=1S/C25H25ClFN7O/c1-28-21-7-3-2-6-17(21)25(35)34-8-4-5-15(14-34)10-29-24-20(27)13-32-23(33-24)19-12-31-22-18(19)9-16(26)11-30-22/h2-3,6-7,9,11-13,15,28H,4-5,8,10,14H2,1H3,(H,30,31)(H,29,32,33)/t15-/m0/s1. The Labute approximate surface area is 206 Å². The number of benzene rings is 1. The van der Waals surface area contributed by atoms with Crippen LogP contribution in [0, 0.1) is 11.7 Å². The van der Waals surface area contributed by atoms with Crippen LogP contribution in [0.15, 0.2) is 48.9 Å². The van der Waals surface area contributed by atoms with E-state index in [1.807, 2.05) is 29.2 Å². The fourth-order valence-corrected chi connectivity index (χ4v) is 4.66. The smallest absolute Gasteiger partial charge is 0.255 e. The number of aromatic amines is 1. The zero-order valence-corrected chi connectivity index (χ0v) is 19.9. The van der Waals surface area contributed by atoms with E-state index in [1.54, 1.807) is 25.5 Å². The highest BCUT2D eigenvalue weighted by Crippen LogP contribution is 2.28. The maximum Gasteiger partial charge on any atom is 0.255 e. The van der Waals surface area contributed by atoms with Crippen LogP contribution < -0.4 is 10.6 Å². The van der Waals surface area contributed by atoms with Gasteiger partial charge in [-0.15, -0.1) is 0 Å². The van der Waals surface area contributed by atoms with Crippen LogP contribution in [-0.2, 0) is 0 Å². The van der Waals surface area contributed by atoms with Gasteiger partial charge < -0.3 is 20.5 Å². The summed E-state index contributed by atoms with van der Waals surface area (Å²) in [6.45, 7) is 1.79. The normalized spacial score (nSPS) is 15.9. The fourth-order valence-electron chi connectivity index (χ4n) is 4.50. The van der Waals surface area contributed by atoms with Gasteiger partial charge in [0.2, 0.25) is 0 Å². The summed E-state index contributed by atoms with van der Waals surface area (Å²) in [6, 6.07) is 9.27. The fraction of sp³-hybridized carbons (Fsp3) is 0.280. The van der Waals surface area contributed by atoms with E-state index in [-0.39, 0.29) is 17.6 Å². The number of anilines is 2. The largest absolute Gasteiger partial charge is 0.387 e. The van der Waals surface area contributed by atoms with Crippen molar-refractivity contribution in [2.45, 2.75) is 12.8 Å². The van der Waals surface area contributed by atoms with Crippen LogP contribution in [0.3, 0.4) is 0 Å². The molecule has 1 aliphatic rings. The number of amides is 1. The second kappa shape index (κ2) is 9.87. The number of halogens is 2. The topological polar surface area (TPSA) is 98.8 Å². The van der Waals surface area contributed by atoms with Crippen molar-refractivity contribution < 1.29 is 9.18 Å². The van der Waals surface area contributed by atoms with Gasteiger partial charge in [0.25, 0.3) is 5.91 Å². The van der Waals surface area contributed by atoms with E-state index < -0.39 is 5.82 Å². The van der Waals surface area contributed by atoms with Crippen molar-refractivity contribution >= 4 is 40.0 Å². The number of hydrogen-bond acceptors (Lipinski definition) is 6. The molecule has 35 heavy (non-hydrogen) atoms. The molecule has 1 atom stereocenters. The number of likely N-dealkylation sites (tertiary alicyclic amines) is 1. The summed E-state index contributed by atoms with van der Waals surface area (Å²) in [6.07, 6.45) is 6.28. The van der Waals surface area contributed by atoms with Crippen LogP contribution in [-0.4, -0.2) is 57.4 Å². The van der Waals surface area contributed by atoms with E-state index in [0.29, 0.717) is 47.3 Å². The van der Waals surface area contributed by atoms with E-state index in [0.717, 1.165) is 30.1 Å². The quantitative estimate of drug-likeness (QED) is 0.356. The van der Waals surface area contributed by atoms with E-state index in [9.17, 15) is 9.18 Å². The summed E-state index contributed by atoms with van der Waals surface area (Å²) in [4.78, 5) is 30.9. The van der Waals surface area contributed by atoms with Gasteiger partial charge in [-0.05, 0) is 37.0 Å². The molecule has 1 fully saturated rings. The Kier molecular flexibility index (Phi) is 6.50. The highest BCUT2D eigenvalue weighted by Gasteiger charge is 2.26. The Hall–Kier alpha value is -3.72. The molecule has 0 saturated carbocycles. The summed E-state index contributed by atoms with van der Waals surface area (Å²) in [7, 11) is 1.81. The third-order valence-electron chi connectivity index (χ3n) is 6.27. The molecule has 0 radical (unpaired) electrons. The highest BCUT2D eigenvalue weighted by molar-refractivity contribution is 6.31. The number of aromatic nitrogens is 4. The van der Waals surface area contributed by atoms with Crippen molar-refractivity contribution in [1.29, 1.82) is 0 Å². The molecule has 8 nitrogen and oxygen atoms in total. The molecule has 0 aliphatic carbocycles. The number of pyridine rings is 1. The molecular formula is C25H25ClFN7O. The van der Waals surface area contributed by atoms with Gasteiger partial charge in [0.05, 0.1) is 16.8 Å². The van der Waals surface area contributed by atoms with Crippen LogP contribution >= 0.6 is 11.6 Å². The third-order valence-corrected chi connectivity index (χ3v) is 6.48. The van der Waals surface area contributed by atoms with Crippen LogP contribution in [0.2, 0.25) is 5.02 Å². The van der Waals surface area contributed by atoms with Gasteiger partial charge >= 0.3 is 0 Å². The molecule has 1 aliphatic heterocycles. The van der Waals surface area contributed by atoms with E-state index in [2.05, 4.69) is 30.6 Å². The second-order valence-corrected chi connectivity index (χ2v) is 9.01. The molecule has 5 rings (SSSR count). The van der Waals surface area contributed by atoms with Gasteiger partial charge in [-0.2, -0.15) is 0 Å². The maximum absolute atomic E-state index is 14.6. The van der Waals surface area contributed by atoms with E-state index in [1.165, 1.54) is 0 Å². The third kappa shape index (κ3) is 4.77.